The van der Waals surface area contributed by atoms with E-state index in [0.717, 1.165) is 4.88 Å². The van der Waals surface area contributed by atoms with E-state index in [0.29, 0.717) is 6.61 Å². The molecule has 3 heteroatoms. The molecule has 0 unspecified atom stereocenters. The Bertz CT molecular complexity index is 138. The van der Waals surface area contributed by atoms with E-state index in [2.05, 4.69) is 4.84 Å². The fourth-order valence-corrected chi connectivity index (χ4v) is 1.07. The Hall–Kier alpha value is -0.380. The third kappa shape index (κ3) is 1.30. The zero-order chi connectivity index (χ0) is 5.82. The SMILES string of the molecule is [N]OCc1cccs1. The molecule has 42 valence electrons. The average molecular weight is 127 g/mol. The number of nitrogens with zero attached hydrogens (tertiary/aromatic N) is 1. The lowest BCUT2D eigenvalue weighted by Crippen LogP contribution is -1.82. The Morgan fingerprint density at radius 1 is 1.75 bits per heavy atom. The molecular weight excluding hydrogens is 122 g/mol. The van der Waals surface area contributed by atoms with Gasteiger partial charge in [0.15, 0.2) is 0 Å². The van der Waals surface area contributed by atoms with Gasteiger partial charge in [-0.15, -0.1) is 11.3 Å². The molecule has 0 amide bonds. The summed E-state index contributed by atoms with van der Waals surface area (Å²) in [5.74, 6) is 7.94. The van der Waals surface area contributed by atoms with Crippen molar-refractivity contribution in [1.29, 1.82) is 0 Å². The van der Waals surface area contributed by atoms with E-state index < -0.39 is 0 Å². The first-order valence-corrected chi connectivity index (χ1v) is 3.10. The molecule has 0 fully saturated rings. The first-order chi connectivity index (χ1) is 3.93. The van der Waals surface area contributed by atoms with Gasteiger partial charge in [-0.05, 0) is 11.4 Å². The molecule has 0 aliphatic rings. The van der Waals surface area contributed by atoms with Crippen molar-refractivity contribution >= 4 is 11.3 Å². The van der Waals surface area contributed by atoms with Gasteiger partial charge >= 0.3 is 0 Å². The average Bonchev–Trinajstić information content (AvgIpc) is 2.19. The molecular formula is C5H5NOS. The number of thiophene rings is 1. The second-order valence-electron chi connectivity index (χ2n) is 1.35. The van der Waals surface area contributed by atoms with E-state index in [1.165, 1.54) is 0 Å². The maximum absolute atomic E-state index is 7.94. The van der Waals surface area contributed by atoms with Crippen LogP contribution in [0.4, 0.5) is 0 Å². The molecule has 0 spiro atoms. The zero-order valence-electron chi connectivity index (χ0n) is 4.20. The molecule has 1 aromatic heterocycles. The molecule has 1 rings (SSSR count). The fraction of sp³-hybridized carbons (Fsp3) is 0.200. The van der Waals surface area contributed by atoms with E-state index in [9.17, 15) is 0 Å². The molecule has 1 aromatic rings. The predicted octanol–water partition coefficient (Wildman–Crippen LogP) is 1.25. The summed E-state index contributed by atoms with van der Waals surface area (Å²) in [5.41, 5.74) is 0. The Morgan fingerprint density at radius 2 is 2.62 bits per heavy atom. The first kappa shape index (κ1) is 5.75. The van der Waals surface area contributed by atoms with Crippen molar-refractivity contribution in [2.75, 3.05) is 0 Å². The molecule has 0 N–H and O–H groups in total. The van der Waals surface area contributed by atoms with Crippen molar-refractivity contribution in [3.8, 4) is 0 Å². The highest BCUT2D eigenvalue weighted by Gasteiger charge is 1.88. The van der Waals surface area contributed by atoms with Crippen LogP contribution in [0.2, 0.25) is 0 Å². The highest BCUT2D eigenvalue weighted by Crippen LogP contribution is 2.07. The Morgan fingerprint density at radius 3 is 3.12 bits per heavy atom. The lowest BCUT2D eigenvalue weighted by molar-refractivity contribution is 0.106. The molecule has 0 bridgehead atoms. The normalized spacial score (nSPS) is 9.62. The van der Waals surface area contributed by atoms with Gasteiger partial charge in [-0.25, -0.2) is 0 Å². The third-order valence-corrected chi connectivity index (χ3v) is 1.64. The van der Waals surface area contributed by atoms with Crippen LogP contribution in [0.15, 0.2) is 17.5 Å². The predicted molar refractivity (Wildman–Crippen MR) is 31.2 cm³/mol. The van der Waals surface area contributed by atoms with Crippen molar-refractivity contribution in [3.05, 3.63) is 22.4 Å². The molecule has 1 heterocycles. The lowest BCUT2D eigenvalue weighted by atomic mass is 10.5. The van der Waals surface area contributed by atoms with Gasteiger partial charge in [0.25, 0.3) is 0 Å². The molecule has 0 aliphatic heterocycles. The molecule has 0 saturated heterocycles. The second kappa shape index (κ2) is 2.81. The molecule has 2 radical (unpaired) electrons. The molecule has 0 saturated carbocycles. The minimum absolute atomic E-state index is 0.303. The van der Waals surface area contributed by atoms with Gasteiger partial charge in [0.05, 0.1) is 0 Å². The summed E-state index contributed by atoms with van der Waals surface area (Å²) in [5, 5.41) is 1.94. The summed E-state index contributed by atoms with van der Waals surface area (Å²) in [6, 6.07) is 3.82. The van der Waals surface area contributed by atoms with Crippen molar-refractivity contribution in [2.45, 2.75) is 6.61 Å². The van der Waals surface area contributed by atoms with Gasteiger partial charge in [0, 0.05) is 10.8 Å². The van der Waals surface area contributed by atoms with Crippen LogP contribution in [0.3, 0.4) is 0 Å². The van der Waals surface area contributed by atoms with E-state index in [4.69, 9.17) is 5.90 Å². The molecule has 8 heavy (non-hydrogen) atoms. The summed E-state index contributed by atoms with van der Waals surface area (Å²) in [6.45, 7) is 0.303. The Kier molecular flexibility index (Phi) is 2.02. The largest absolute Gasteiger partial charge is 0.258 e. The number of hydrogen-bond acceptors (Lipinski definition) is 2. The van der Waals surface area contributed by atoms with Crippen LogP contribution in [0.25, 0.3) is 0 Å². The van der Waals surface area contributed by atoms with Crippen LogP contribution < -0.4 is 5.90 Å². The minimum atomic E-state index is 0.303. The topological polar surface area (TPSA) is 31.5 Å². The number of rotatable bonds is 2. The van der Waals surface area contributed by atoms with E-state index in [1.54, 1.807) is 11.3 Å². The van der Waals surface area contributed by atoms with Gasteiger partial charge < -0.3 is 0 Å². The zero-order valence-corrected chi connectivity index (χ0v) is 5.02. The highest BCUT2D eigenvalue weighted by molar-refractivity contribution is 7.09. The van der Waals surface area contributed by atoms with Crippen molar-refractivity contribution in [2.24, 2.45) is 0 Å². The summed E-state index contributed by atoms with van der Waals surface area (Å²) in [4.78, 5) is 4.93. The smallest absolute Gasteiger partial charge is 0.106 e. The summed E-state index contributed by atoms with van der Waals surface area (Å²) < 4.78 is 0. The van der Waals surface area contributed by atoms with Gasteiger partial charge in [0.1, 0.15) is 6.61 Å². The van der Waals surface area contributed by atoms with Gasteiger partial charge in [0.2, 0.25) is 0 Å². The molecule has 0 aromatic carbocycles. The number of hydrogen-bond donors (Lipinski definition) is 0. The summed E-state index contributed by atoms with van der Waals surface area (Å²) >= 11 is 1.56. The van der Waals surface area contributed by atoms with Crippen LogP contribution in [0, 0.1) is 0 Å². The van der Waals surface area contributed by atoms with Crippen LogP contribution in [0.1, 0.15) is 4.88 Å². The van der Waals surface area contributed by atoms with Crippen LogP contribution >= 0.6 is 11.3 Å². The maximum Gasteiger partial charge on any atom is 0.106 e. The fourth-order valence-electron chi connectivity index (χ4n) is 0.458. The van der Waals surface area contributed by atoms with Crippen LogP contribution in [-0.2, 0) is 11.4 Å². The second-order valence-corrected chi connectivity index (χ2v) is 2.39. The van der Waals surface area contributed by atoms with Gasteiger partial charge in [-0.3, -0.25) is 4.84 Å². The third-order valence-electron chi connectivity index (χ3n) is 0.787. The monoisotopic (exact) mass is 127 g/mol. The maximum atomic E-state index is 7.94. The molecule has 0 atom stereocenters. The Labute approximate surface area is 51.8 Å². The molecule has 2 nitrogen and oxygen atoms in total. The quantitative estimate of drug-likeness (QED) is 0.550. The van der Waals surface area contributed by atoms with Crippen LogP contribution in [0.5, 0.6) is 0 Å². The highest BCUT2D eigenvalue weighted by atomic mass is 32.1. The van der Waals surface area contributed by atoms with E-state index in [-0.39, 0.29) is 0 Å². The molecule has 0 aliphatic carbocycles. The summed E-state index contributed by atoms with van der Waals surface area (Å²) in [7, 11) is 0. The van der Waals surface area contributed by atoms with Crippen molar-refractivity contribution < 1.29 is 4.84 Å². The standard InChI is InChI=1S/C5H5NOS/c6-7-4-5-2-1-3-8-5/h1-3H,4H2. The van der Waals surface area contributed by atoms with Gasteiger partial charge in [-0.2, -0.15) is 0 Å². The van der Waals surface area contributed by atoms with Crippen LogP contribution in [-0.4, -0.2) is 0 Å². The minimum Gasteiger partial charge on any atom is -0.258 e. The van der Waals surface area contributed by atoms with Crippen molar-refractivity contribution in [3.63, 3.8) is 0 Å². The Balaban J connectivity index is 2.50. The summed E-state index contributed by atoms with van der Waals surface area (Å²) in [6.07, 6.45) is 0. The van der Waals surface area contributed by atoms with E-state index in [1.807, 2.05) is 17.5 Å². The lowest BCUT2D eigenvalue weighted by Gasteiger charge is -1.85. The first-order valence-electron chi connectivity index (χ1n) is 2.22. The van der Waals surface area contributed by atoms with E-state index >= 15 is 0 Å². The van der Waals surface area contributed by atoms with Gasteiger partial charge in [-0.1, -0.05) is 6.07 Å². The van der Waals surface area contributed by atoms with Crippen molar-refractivity contribution in [1.82, 2.24) is 5.90 Å².